The van der Waals surface area contributed by atoms with Crippen molar-refractivity contribution in [2.75, 3.05) is 0 Å². The normalized spacial score (nSPS) is 12.7. The molecule has 0 aliphatic rings. The fourth-order valence-electron chi connectivity index (χ4n) is 1.91. The Balaban J connectivity index is 2.29. The van der Waals surface area contributed by atoms with Gasteiger partial charge in [-0.25, -0.2) is 0 Å². The fraction of sp³-hybridized carbons (Fsp3) is 0.231. The van der Waals surface area contributed by atoms with Gasteiger partial charge in [0.1, 0.15) is 0 Å². The molecule has 0 atom stereocenters. The lowest BCUT2D eigenvalue weighted by Crippen LogP contribution is -2.34. The van der Waals surface area contributed by atoms with E-state index in [2.05, 4.69) is 59.8 Å². The SMILES string of the molecule is C[Si](C)(C)c1cc2cc3sc(Br)cc3cc2s1. The van der Waals surface area contributed by atoms with E-state index in [0.717, 1.165) is 0 Å². The fourth-order valence-corrected chi connectivity index (χ4v) is 6.48. The molecule has 88 valence electrons. The van der Waals surface area contributed by atoms with Crippen LogP contribution in [0.5, 0.6) is 0 Å². The number of halogens is 1. The highest BCUT2D eigenvalue weighted by molar-refractivity contribution is 9.11. The molecule has 2 heterocycles. The van der Waals surface area contributed by atoms with Crippen molar-refractivity contribution >= 4 is 71.4 Å². The van der Waals surface area contributed by atoms with Gasteiger partial charge in [0.25, 0.3) is 0 Å². The minimum atomic E-state index is -1.17. The minimum Gasteiger partial charge on any atom is -0.145 e. The largest absolute Gasteiger partial charge is 0.145 e. The van der Waals surface area contributed by atoms with Crippen molar-refractivity contribution in [3.8, 4) is 0 Å². The molecule has 0 spiro atoms. The summed E-state index contributed by atoms with van der Waals surface area (Å²) in [5, 5.41) is 2.77. The van der Waals surface area contributed by atoms with Crippen LogP contribution >= 0.6 is 38.6 Å². The second kappa shape index (κ2) is 3.92. The first kappa shape index (κ1) is 11.9. The van der Waals surface area contributed by atoms with Gasteiger partial charge in [-0.15, -0.1) is 22.7 Å². The van der Waals surface area contributed by atoms with Crippen LogP contribution in [0, 0.1) is 0 Å². The van der Waals surface area contributed by atoms with E-state index < -0.39 is 8.07 Å². The average Bonchev–Trinajstić information content (AvgIpc) is 2.73. The monoisotopic (exact) mass is 340 g/mol. The molecule has 0 N–H and O–H groups in total. The van der Waals surface area contributed by atoms with E-state index in [4.69, 9.17) is 0 Å². The Morgan fingerprint density at radius 3 is 2.12 bits per heavy atom. The maximum Gasteiger partial charge on any atom is 0.0904 e. The molecule has 0 bridgehead atoms. The summed E-state index contributed by atoms with van der Waals surface area (Å²) in [7, 11) is -1.17. The van der Waals surface area contributed by atoms with Gasteiger partial charge in [0.2, 0.25) is 0 Å². The summed E-state index contributed by atoms with van der Waals surface area (Å²) < 4.78 is 5.63. The zero-order valence-electron chi connectivity index (χ0n) is 10.0. The minimum absolute atomic E-state index is 1.17. The lowest BCUT2D eigenvalue weighted by atomic mass is 10.2. The highest BCUT2D eigenvalue weighted by atomic mass is 79.9. The van der Waals surface area contributed by atoms with Gasteiger partial charge in [-0.1, -0.05) is 19.6 Å². The van der Waals surface area contributed by atoms with Crippen molar-refractivity contribution in [1.82, 2.24) is 0 Å². The van der Waals surface area contributed by atoms with Crippen molar-refractivity contribution in [3.63, 3.8) is 0 Å². The quantitative estimate of drug-likeness (QED) is 0.518. The van der Waals surface area contributed by atoms with Gasteiger partial charge in [-0.05, 0) is 55.5 Å². The molecule has 0 aliphatic heterocycles. The number of fused-ring (bicyclic) bond motifs is 2. The highest BCUT2D eigenvalue weighted by Crippen LogP contribution is 2.34. The smallest absolute Gasteiger partial charge is 0.0904 e. The molecule has 0 nitrogen and oxygen atoms in total. The van der Waals surface area contributed by atoms with Crippen molar-refractivity contribution in [2.45, 2.75) is 19.6 Å². The first-order chi connectivity index (χ1) is 7.93. The number of hydrogen-bond donors (Lipinski definition) is 0. The zero-order chi connectivity index (χ0) is 12.2. The molecule has 17 heavy (non-hydrogen) atoms. The Morgan fingerprint density at radius 2 is 1.47 bits per heavy atom. The molecule has 0 aliphatic carbocycles. The zero-order valence-corrected chi connectivity index (χ0v) is 14.2. The lowest BCUT2D eigenvalue weighted by molar-refractivity contribution is 1.79. The van der Waals surface area contributed by atoms with Crippen molar-refractivity contribution in [2.24, 2.45) is 0 Å². The number of benzene rings is 1. The van der Waals surface area contributed by atoms with Crippen LogP contribution in [0.25, 0.3) is 20.2 Å². The second-order valence-electron chi connectivity index (χ2n) is 5.34. The van der Waals surface area contributed by atoms with Gasteiger partial charge < -0.3 is 0 Å². The molecule has 3 rings (SSSR count). The topological polar surface area (TPSA) is 0 Å². The Labute approximate surface area is 118 Å². The molecule has 0 saturated heterocycles. The van der Waals surface area contributed by atoms with Crippen molar-refractivity contribution < 1.29 is 0 Å². The molecule has 0 radical (unpaired) electrons. The standard InChI is InChI=1S/C13H13BrS2Si/c1-17(2,3)13-7-9-5-10-8(4-11(9)16-13)6-12(14)15-10/h4-7H,1-3H3. The molecular formula is C13H13BrS2Si. The number of hydrogen-bond acceptors (Lipinski definition) is 2. The van der Waals surface area contributed by atoms with Crippen molar-refractivity contribution in [3.05, 3.63) is 28.1 Å². The Bertz CT molecular complexity index is 652. The van der Waals surface area contributed by atoms with E-state index in [1.807, 2.05) is 22.7 Å². The highest BCUT2D eigenvalue weighted by Gasteiger charge is 2.19. The third-order valence-electron chi connectivity index (χ3n) is 2.86. The van der Waals surface area contributed by atoms with E-state index in [1.165, 1.54) is 24.0 Å². The summed E-state index contributed by atoms with van der Waals surface area (Å²) in [6.45, 7) is 7.24. The lowest BCUT2D eigenvalue weighted by Gasteiger charge is -2.11. The number of thiophene rings is 2. The van der Waals surface area contributed by atoms with Gasteiger partial charge >= 0.3 is 0 Å². The van der Waals surface area contributed by atoms with Crippen LogP contribution in [0.1, 0.15) is 0 Å². The maximum absolute atomic E-state index is 3.56. The van der Waals surface area contributed by atoms with E-state index >= 15 is 0 Å². The van der Waals surface area contributed by atoms with Gasteiger partial charge in [0.15, 0.2) is 0 Å². The number of rotatable bonds is 1. The van der Waals surface area contributed by atoms with Crippen LogP contribution in [-0.4, -0.2) is 8.07 Å². The van der Waals surface area contributed by atoms with E-state index in [0.29, 0.717) is 0 Å². The summed E-state index contributed by atoms with van der Waals surface area (Å²) in [5.41, 5.74) is 0. The van der Waals surface area contributed by atoms with E-state index in [9.17, 15) is 0 Å². The first-order valence-corrected chi connectivity index (χ1v) is 11.5. The van der Waals surface area contributed by atoms with Crippen LogP contribution < -0.4 is 4.50 Å². The first-order valence-electron chi connectivity index (χ1n) is 5.56. The Kier molecular flexibility index (Phi) is 2.74. The molecule has 0 fully saturated rings. The average molecular weight is 341 g/mol. The van der Waals surface area contributed by atoms with Gasteiger partial charge in [-0.2, -0.15) is 0 Å². The second-order valence-corrected chi connectivity index (χ2v) is 14.3. The third kappa shape index (κ3) is 2.12. The van der Waals surface area contributed by atoms with Gasteiger partial charge in [0.05, 0.1) is 11.9 Å². The van der Waals surface area contributed by atoms with E-state index in [-0.39, 0.29) is 0 Å². The summed E-state index contributed by atoms with van der Waals surface area (Å²) in [5.74, 6) is 0. The molecule has 0 unspecified atom stereocenters. The van der Waals surface area contributed by atoms with Crippen LogP contribution in [0.2, 0.25) is 19.6 Å². The Morgan fingerprint density at radius 1 is 0.882 bits per heavy atom. The summed E-state index contributed by atoms with van der Waals surface area (Å²) in [4.78, 5) is 0. The maximum atomic E-state index is 3.56. The molecule has 4 heteroatoms. The van der Waals surface area contributed by atoms with Crippen LogP contribution in [0.15, 0.2) is 28.1 Å². The summed E-state index contributed by atoms with van der Waals surface area (Å²) in [6, 6.07) is 9.28. The van der Waals surface area contributed by atoms with Gasteiger partial charge in [-0.3, -0.25) is 0 Å². The van der Waals surface area contributed by atoms with Gasteiger partial charge in [0, 0.05) is 9.40 Å². The Hall–Kier alpha value is -0.163. The molecule has 0 saturated carbocycles. The molecular weight excluding hydrogens is 328 g/mol. The van der Waals surface area contributed by atoms with Crippen LogP contribution in [0.4, 0.5) is 0 Å². The summed E-state index contributed by atoms with van der Waals surface area (Å²) in [6.07, 6.45) is 0. The van der Waals surface area contributed by atoms with Crippen LogP contribution in [0.3, 0.4) is 0 Å². The molecule has 0 amide bonds. The molecule has 2 aromatic heterocycles. The predicted octanol–water partition coefficient (Wildman–Crippen LogP) is 5.42. The van der Waals surface area contributed by atoms with E-state index in [1.54, 1.807) is 4.50 Å². The third-order valence-corrected chi connectivity index (χ3v) is 9.14. The predicted molar refractivity (Wildman–Crippen MR) is 87.9 cm³/mol. The summed E-state index contributed by atoms with van der Waals surface area (Å²) >= 11 is 7.36. The molecule has 3 aromatic rings. The molecule has 1 aromatic carbocycles. The van der Waals surface area contributed by atoms with Crippen molar-refractivity contribution in [1.29, 1.82) is 0 Å². The van der Waals surface area contributed by atoms with Crippen LogP contribution in [-0.2, 0) is 0 Å².